The smallest absolute Gasteiger partial charge is 0.254 e. The van der Waals surface area contributed by atoms with E-state index in [1.807, 2.05) is 41.3 Å². The molecule has 0 N–H and O–H groups in total. The first-order chi connectivity index (χ1) is 10.2. The highest BCUT2D eigenvalue weighted by Gasteiger charge is 2.28. The lowest BCUT2D eigenvalue weighted by Gasteiger charge is -2.28. The van der Waals surface area contributed by atoms with Gasteiger partial charge in [0.1, 0.15) is 5.76 Å². The molecule has 21 heavy (non-hydrogen) atoms. The molecule has 110 valence electrons. The zero-order chi connectivity index (χ0) is 14.7. The van der Waals surface area contributed by atoms with Gasteiger partial charge in [-0.15, -0.1) is 0 Å². The van der Waals surface area contributed by atoms with Crippen molar-refractivity contribution in [3.8, 4) is 0 Å². The zero-order valence-corrected chi connectivity index (χ0v) is 13.4. The Hall–Kier alpha value is -1.55. The Morgan fingerprint density at radius 3 is 2.71 bits per heavy atom. The van der Waals surface area contributed by atoms with Crippen molar-refractivity contribution < 1.29 is 9.21 Å². The van der Waals surface area contributed by atoms with E-state index in [9.17, 15) is 4.79 Å². The van der Waals surface area contributed by atoms with Crippen LogP contribution in [0.4, 0.5) is 0 Å². The van der Waals surface area contributed by atoms with Crippen LogP contribution in [0, 0.1) is 0 Å². The third kappa shape index (κ3) is 3.38. The summed E-state index contributed by atoms with van der Waals surface area (Å²) in [6.07, 6.45) is 6.23. The minimum Gasteiger partial charge on any atom is -0.467 e. The fourth-order valence-corrected chi connectivity index (χ4v) is 3.34. The van der Waals surface area contributed by atoms with Gasteiger partial charge in [0.15, 0.2) is 0 Å². The van der Waals surface area contributed by atoms with E-state index in [0.29, 0.717) is 12.6 Å². The quantitative estimate of drug-likeness (QED) is 0.807. The number of furan rings is 1. The number of carbonyl (C=O) groups is 1. The third-order valence-corrected chi connectivity index (χ3v) is 4.50. The van der Waals surface area contributed by atoms with Gasteiger partial charge in [0.05, 0.1) is 12.8 Å². The molecule has 4 heteroatoms. The van der Waals surface area contributed by atoms with Gasteiger partial charge in [0, 0.05) is 16.1 Å². The molecule has 1 fully saturated rings. The van der Waals surface area contributed by atoms with Gasteiger partial charge in [0.25, 0.3) is 5.91 Å². The summed E-state index contributed by atoms with van der Waals surface area (Å²) < 4.78 is 6.36. The molecule has 1 aliphatic carbocycles. The van der Waals surface area contributed by atoms with Crippen molar-refractivity contribution in [2.75, 3.05) is 0 Å². The Balaban J connectivity index is 1.85. The van der Waals surface area contributed by atoms with Crippen molar-refractivity contribution in [2.45, 2.75) is 38.3 Å². The van der Waals surface area contributed by atoms with Crippen molar-refractivity contribution in [2.24, 2.45) is 0 Å². The summed E-state index contributed by atoms with van der Waals surface area (Å²) in [5.41, 5.74) is 0.725. The van der Waals surface area contributed by atoms with Crippen molar-refractivity contribution in [1.82, 2.24) is 4.90 Å². The molecule has 1 amide bonds. The zero-order valence-electron chi connectivity index (χ0n) is 11.8. The van der Waals surface area contributed by atoms with Crippen LogP contribution in [-0.4, -0.2) is 16.8 Å². The van der Waals surface area contributed by atoms with Crippen LogP contribution in [0.15, 0.2) is 51.6 Å². The van der Waals surface area contributed by atoms with Gasteiger partial charge >= 0.3 is 0 Å². The fraction of sp³-hybridized carbons (Fsp3) is 0.353. The molecule has 1 aliphatic rings. The summed E-state index contributed by atoms with van der Waals surface area (Å²) in [5, 5.41) is 0. The maximum atomic E-state index is 12.9. The van der Waals surface area contributed by atoms with E-state index in [1.54, 1.807) is 6.26 Å². The lowest BCUT2D eigenvalue weighted by Crippen LogP contribution is -2.38. The van der Waals surface area contributed by atoms with Crippen LogP contribution in [0.2, 0.25) is 0 Å². The SMILES string of the molecule is O=C(c1cccc(Br)c1)N(Cc1ccco1)C1CCCC1. The van der Waals surface area contributed by atoms with Crippen LogP contribution >= 0.6 is 15.9 Å². The Labute approximate surface area is 133 Å². The molecule has 1 saturated carbocycles. The second kappa shape index (κ2) is 6.48. The Kier molecular flexibility index (Phi) is 4.44. The topological polar surface area (TPSA) is 33.5 Å². The summed E-state index contributed by atoms with van der Waals surface area (Å²) in [6, 6.07) is 11.7. The molecule has 0 saturated heterocycles. The number of amides is 1. The summed E-state index contributed by atoms with van der Waals surface area (Å²) in [5.74, 6) is 0.921. The number of hydrogen-bond donors (Lipinski definition) is 0. The van der Waals surface area contributed by atoms with Crippen LogP contribution in [0.1, 0.15) is 41.8 Å². The van der Waals surface area contributed by atoms with Crippen LogP contribution in [0.25, 0.3) is 0 Å². The predicted molar refractivity (Wildman–Crippen MR) is 85.0 cm³/mol. The minimum absolute atomic E-state index is 0.0830. The maximum absolute atomic E-state index is 12.9. The lowest BCUT2D eigenvalue weighted by molar-refractivity contribution is 0.0649. The lowest BCUT2D eigenvalue weighted by atomic mass is 10.1. The molecule has 1 heterocycles. The first-order valence-electron chi connectivity index (χ1n) is 7.33. The molecular formula is C17H18BrNO2. The van der Waals surface area contributed by atoms with Crippen LogP contribution < -0.4 is 0 Å². The van der Waals surface area contributed by atoms with E-state index >= 15 is 0 Å². The molecule has 1 aromatic heterocycles. The molecule has 2 aromatic rings. The molecule has 3 nitrogen and oxygen atoms in total. The van der Waals surface area contributed by atoms with Gasteiger partial charge in [-0.25, -0.2) is 0 Å². The van der Waals surface area contributed by atoms with Gasteiger partial charge < -0.3 is 9.32 Å². The number of nitrogens with zero attached hydrogens (tertiary/aromatic N) is 1. The van der Waals surface area contributed by atoms with E-state index in [-0.39, 0.29) is 5.91 Å². The summed E-state index contributed by atoms with van der Waals surface area (Å²) in [4.78, 5) is 14.8. The van der Waals surface area contributed by atoms with Gasteiger partial charge in [-0.1, -0.05) is 34.8 Å². The second-order valence-electron chi connectivity index (χ2n) is 5.46. The van der Waals surface area contributed by atoms with Crippen LogP contribution in [0.5, 0.6) is 0 Å². The van der Waals surface area contributed by atoms with Gasteiger partial charge in [-0.3, -0.25) is 4.79 Å². The number of halogens is 1. The van der Waals surface area contributed by atoms with Crippen molar-refractivity contribution in [1.29, 1.82) is 0 Å². The highest BCUT2D eigenvalue weighted by atomic mass is 79.9. The summed E-state index contributed by atoms with van der Waals surface area (Å²) >= 11 is 3.43. The van der Waals surface area contributed by atoms with Crippen molar-refractivity contribution >= 4 is 21.8 Å². The van der Waals surface area contributed by atoms with E-state index in [0.717, 1.165) is 28.6 Å². The average Bonchev–Trinajstić information content (AvgIpc) is 3.17. The number of rotatable bonds is 4. The molecular weight excluding hydrogens is 330 g/mol. The van der Waals surface area contributed by atoms with Gasteiger partial charge in [-0.2, -0.15) is 0 Å². The van der Waals surface area contributed by atoms with Crippen LogP contribution in [-0.2, 0) is 6.54 Å². The first-order valence-corrected chi connectivity index (χ1v) is 8.12. The van der Waals surface area contributed by atoms with E-state index in [1.165, 1.54) is 12.8 Å². The molecule has 0 spiro atoms. The van der Waals surface area contributed by atoms with Gasteiger partial charge in [-0.05, 0) is 43.2 Å². The highest BCUT2D eigenvalue weighted by molar-refractivity contribution is 9.10. The standard InChI is InChI=1S/C17H18BrNO2/c18-14-6-3-5-13(11-14)17(20)19(15-7-1-2-8-15)12-16-9-4-10-21-16/h3-6,9-11,15H,1-2,7-8,12H2. The Bertz CT molecular complexity index is 603. The molecule has 1 aromatic carbocycles. The monoisotopic (exact) mass is 347 g/mol. The Morgan fingerprint density at radius 1 is 1.24 bits per heavy atom. The average molecular weight is 348 g/mol. The summed E-state index contributed by atoms with van der Waals surface area (Å²) in [6.45, 7) is 0.545. The van der Waals surface area contributed by atoms with E-state index < -0.39 is 0 Å². The van der Waals surface area contributed by atoms with E-state index in [4.69, 9.17) is 4.42 Å². The normalized spacial score (nSPS) is 15.3. The van der Waals surface area contributed by atoms with E-state index in [2.05, 4.69) is 15.9 Å². The molecule has 0 radical (unpaired) electrons. The third-order valence-electron chi connectivity index (χ3n) is 4.00. The molecule has 0 bridgehead atoms. The highest BCUT2D eigenvalue weighted by Crippen LogP contribution is 2.27. The van der Waals surface area contributed by atoms with Crippen molar-refractivity contribution in [3.63, 3.8) is 0 Å². The Morgan fingerprint density at radius 2 is 2.05 bits per heavy atom. The molecule has 0 unspecified atom stereocenters. The van der Waals surface area contributed by atoms with Crippen molar-refractivity contribution in [3.05, 3.63) is 58.5 Å². The number of benzene rings is 1. The first kappa shape index (κ1) is 14.4. The van der Waals surface area contributed by atoms with Crippen LogP contribution in [0.3, 0.4) is 0 Å². The molecule has 3 rings (SSSR count). The molecule has 0 atom stereocenters. The molecule has 0 aliphatic heterocycles. The summed E-state index contributed by atoms with van der Waals surface area (Å²) in [7, 11) is 0. The maximum Gasteiger partial charge on any atom is 0.254 e. The number of hydrogen-bond acceptors (Lipinski definition) is 2. The predicted octanol–water partition coefficient (Wildman–Crippen LogP) is 4.63. The second-order valence-corrected chi connectivity index (χ2v) is 6.38. The minimum atomic E-state index is 0.0830. The number of carbonyl (C=O) groups excluding carboxylic acids is 1. The fourth-order valence-electron chi connectivity index (χ4n) is 2.94. The van der Waals surface area contributed by atoms with Gasteiger partial charge in [0.2, 0.25) is 0 Å². The largest absolute Gasteiger partial charge is 0.467 e.